The maximum Gasteiger partial charge on any atom is 0.266 e. The fraction of sp³-hybridized carbons (Fsp3) is 0.0952. The molecule has 8 heteroatoms. The van der Waals surface area contributed by atoms with Crippen LogP contribution in [0.1, 0.15) is 21.5 Å². The van der Waals surface area contributed by atoms with E-state index in [1.807, 2.05) is 30.3 Å². The highest BCUT2D eigenvalue weighted by Crippen LogP contribution is 2.26. The second-order valence-corrected chi connectivity index (χ2v) is 6.64. The van der Waals surface area contributed by atoms with E-state index in [0.717, 1.165) is 11.6 Å². The van der Waals surface area contributed by atoms with Crippen molar-refractivity contribution in [3.05, 3.63) is 87.6 Å². The SMILES string of the molecule is Cc1ccc(F)cc1NC(=O)c1c(O)c2cnn(Cc3ccccc3)c2[nH]c1=O. The first kappa shape index (κ1) is 18.4. The second-order valence-electron chi connectivity index (χ2n) is 6.64. The number of nitrogens with one attached hydrogen (secondary N) is 2. The van der Waals surface area contributed by atoms with Gasteiger partial charge in [-0.15, -0.1) is 0 Å². The highest BCUT2D eigenvalue weighted by Gasteiger charge is 2.22. The Morgan fingerprint density at radius 1 is 1.24 bits per heavy atom. The number of H-pyrrole nitrogens is 1. The lowest BCUT2D eigenvalue weighted by atomic mass is 10.1. The van der Waals surface area contributed by atoms with E-state index in [1.54, 1.807) is 6.92 Å². The van der Waals surface area contributed by atoms with Gasteiger partial charge in [0.2, 0.25) is 0 Å². The third-order valence-electron chi connectivity index (χ3n) is 4.64. The molecule has 3 N–H and O–H groups in total. The Bertz CT molecular complexity index is 1280. The van der Waals surface area contributed by atoms with Gasteiger partial charge in [-0.3, -0.25) is 9.59 Å². The number of anilines is 1. The molecule has 2 heterocycles. The van der Waals surface area contributed by atoms with Crippen LogP contribution in [0.3, 0.4) is 0 Å². The number of amides is 1. The molecular formula is C21H17FN4O3. The molecule has 2 aromatic carbocycles. The van der Waals surface area contributed by atoms with Crippen molar-refractivity contribution < 1.29 is 14.3 Å². The molecule has 0 aliphatic heterocycles. The van der Waals surface area contributed by atoms with Gasteiger partial charge in [0, 0.05) is 5.69 Å². The Morgan fingerprint density at radius 3 is 2.76 bits per heavy atom. The average Bonchev–Trinajstić information content (AvgIpc) is 3.08. The Labute approximate surface area is 164 Å². The van der Waals surface area contributed by atoms with Gasteiger partial charge in [0.05, 0.1) is 18.1 Å². The summed E-state index contributed by atoms with van der Waals surface area (Å²) in [5.74, 6) is -1.84. The number of aromatic amines is 1. The fourth-order valence-electron chi connectivity index (χ4n) is 3.10. The number of halogens is 1. The van der Waals surface area contributed by atoms with Gasteiger partial charge in [0.25, 0.3) is 11.5 Å². The number of aryl methyl sites for hydroxylation is 1. The zero-order valence-corrected chi connectivity index (χ0v) is 15.4. The molecule has 4 rings (SSSR count). The fourth-order valence-corrected chi connectivity index (χ4v) is 3.10. The Balaban J connectivity index is 1.72. The van der Waals surface area contributed by atoms with Crippen molar-refractivity contribution in [2.24, 2.45) is 0 Å². The number of nitrogens with zero attached hydrogens (tertiary/aromatic N) is 2. The third kappa shape index (κ3) is 3.47. The molecule has 1 amide bonds. The van der Waals surface area contributed by atoms with Crippen molar-refractivity contribution in [2.75, 3.05) is 5.32 Å². The van der Waals surface area contributed by atoms with E-state index >= 15 is 0 Å². The highest BCUT2D eigenvalue weighted by molar-refractivity contribution is 6.08. The summed E-state index contributed by atoms with van der Waals surface area (Å²) in [7, 11) is 0. The molecule has 0 saturated carbocycles. The average molecular weight is 392 g/mol. The van der Waals surface area contributed by atoms with Gasteiger partial charge in [0.15, 0.2) is 0 Å². The molecule has 0 unspecified atom stereocenters. The Hall–Kier alpha value is -3.94. The van der Waals surface area contributed by atoms with E-state index in [0.29, 0.717) is 17.8 Å². The molecule has 0 aliphatic rings. The lowest BCUT2D eigenvalue weighted by molar-refractivity contribution is 0.102. The topological polar surface area (TPSA) is 100 Å². The summed E-state index contributed by atoms with van der Waals surface area (Å²) >= 11 is 0. The van der Waals surface area contributed by atoms with Crippen LogP contribution in [0.25, 0.3) is 11.0 Å². The number of aromatic hydroxyl groups is 1. The quantitative estimate of drug-likeness (QED) is 0.497. The van der Waals surface area contributed by atoms with Crippen molar-refractivity contribution in [2.45, 2.75) is 13.5 Å². The lowest BCUT2D eigenvalue weighted by Crippen LogP contribution is -2.24. The number of benzene rings is 2. The lowest BCUT2D eigenvalue weighted by Gasteiger charge is -2.10. The van der Waals surface area contributed by atoms with Crippen molar-refractivity contribution in [3.8, 4) is 5.75 Å². The Morgan fingerprint density at radius 2 is 2.00 bits per heavy atom. The minimum absolute atomic E-state index is 0.216. The second kappa shape index (κ2) is 7.23. The molecule has 0 saturated heterocycles. The van der Waals surface area contributed by atoms with Crippen LogP contribution in [-0.2, 0) is 6.54 Å². The third-order valence-corrected chi connectivity index (χ3v) is 4.64. The van der Waals surface area contributed by atoms with Crippen LogP contribution in [0, 0.1) is 12.7 Å². The van der Waals surface area contributed by atoms with Crippen LogP contribution in [0.15, 0.2) is 59.5 Å². The summed E-state index contributed by atoms with van der Waals surface area (Å²) in [6.07, 6.45) is 1.38. The summed E-state index contributed by atoms with van der Waals surface area (Å²) in [5, 5.41) is 17.5. The van der Waals surface area contributed by atoms with Crippen LogP contribution < -0.4 is 10.9 Å². The summed E-state index contributed by atoms with van der Waals surface area (Å²) in [5.41, 5.74) is 0.869. The first-order valence-electron chi connectivity index (χ1n) is 8.86. The van der Waals surface area contributed by atoms with Gasteiger partial charge < -0.3 is 15.4 Å². The molecule has 0 atom stereocenters. The molecule has 0 radical (unpaired) electrons. The highest BCUT2D eigenvalue weighted by atomic mass is 19.1. The predicted octanol–water partition coefficient (Wildman–Crippen LogP) is 3.18. The van der Waals surface area contributed by atoms with Crippen LogP contribution in [-0.4, -0.2) is 25.8 Å². The van der Waals surface area contributed by atoms with Gasteiger partial charge in [-0.25, -0.2) is 9.07 Å². The van der Waals surface area contributed by atoms with Gasteiger partial charge >= 0.3 is 0 Å². The molecule has 0 fully saturated rings. The van der Waals surface area contributed by atoms with Crippen LogP contribution in [0.5, 0.6) is 5.75 Å². The molecule has 0 aliphatic carbocycles. The molecule has 7 nitrogen and oxygen atoms in total. The van der Waals surface area contributed by atoms with Crippen LogP contribution in [0.2, 0.25) is 0 Å². The largest absolute Gasteiger partial charge is 0.506 e. The minimum atomic E-state index is -0.838. The van der Waals surface area contributed by atoms with E-state index < -0.39 is 28.6 Å². The summed E-state index contributed by atoms with van der Waals surface area (Å²) in [6.45, 7) is 2.07. The molecule has 146 valence electrons. The smallest absolute Gasteiger partial charge is 0.266 e. The van der Waals surface area contributed by atoms with Gasteiger partial charge in [-0.1, -0.05) is 36.4 Å². The van der Waals surface area contributed by atoms with E-state index in [4.69, 9.17) is 0 Å². The number of aromatic nitrogens is 3. The number of pyridine rings is 1. The number of carbonyl (C=O) groups is 1. The van der Waals surface area contributed by atoms with Gasteiger partial charge in [-0.05, 0) is 30.2 Å². The first-order valence-corrected chi connectivity index (χ1v) is 8.86. The number of hydrogen-bond donors (Lipinski definition) is 3. The van der Waals surface area contributed by atoms with Gasteiger partial charge in [-0.2, -0.15) is 5.10 Å². The summed E-state index contributed by atoms with van der Waals surface area (Å²) < 4.78 is 15.0. The van der Waals surface area contributed by atoms with E-state index in [2.05, 4.69) is 15.4 Å². The van der Waals surface area contributed by atoms with Crippen molar-refractivity contribution >= 4 is 22.6 Å². The summed E-state index contributed by atoms with van der Waals surface area (Å²) in [4.78, 5) is 27.8. The molecule has 0 bridgehead atoms. The Kier molecular flexibility index (Phi) is 4.59. The zero-order chi connectivity index (χ0) is 20.5. The number of hydrogen-bond acceptors (Lipinski definition) is 4. The standard InChI is InChI=1S/C21H17FN4O3/c1-12-7-8-14(22)9-16(12)24-20(28)17-18(27)15-10-23-26(19(15)25-21(17)29)11-13-5-3-2-4-6-13/h2-10H,11H2,1H3,(H,24,28)(H2,25,27,29). The number of fused-ring (bicyclic) bond motifs is 1. The maximum absolute atomic E-state index is 13.5. The minimum Gasteiger partial charge on any atom is -0.506 e. The van der Waals surface area contributed by atoms with Gasteiger partial charge in [0.1, 0.15) is 22.8 Å². The maximum atomic E-state index is 13.5. The molecule has 2 aromatic heterocycles. The number of rotatable bonds is 4. The number of carbonyl (C=O) groups excluding carboxylic acids is 1. The monoisotopic (exact) mass is 392 g/mol. The summed E-state index contributed by atoms with van der Waals surface area (Å²) in [6, 6.07) is 13.4. The van der Waals surface area contributed by atoms with Crippen LogP contribution in [0.4, 0.5) is 10.1 Å². The van der Waals surface area contributed by atoms with Crippen LogP contribution >= 0.6 is 0 Å². The van der Waals surface area contributed by atoms with Crippen molar-refractivity contribution in [1.29, 1.82) is 0 Å². The predicted molar refractivity (Wildman–Crippen MR) is 107 cm³/mol. The molecular weight excluding hydrogens is 375 g/mol. The zero-order valence-electron chi connectivity index (χ0n) is 15.4. The van der Waals surface area contributed by atoms with Crippen molar-refractivity contribution in [3.63, 3.8) is 0 Å². The molecule has 4 aromatic rings. The first-order chi connectivity index (χ1) is 13.9. The van der Waals surface area contributed by atoms with E-state index in [9.17, 15) is 19.1 Å². The normalized spacial score (nSPS) is 11.0. The van der Waals surface area contributed by atoms with E-state index in [1.165, 1.54) is 23.0 Å². The molecule has 29 heavy (non-hydrogen) atoms. The van der Waals surface area contributed by atoms with Crippen molar-refractivity contribution in [1.82, 2.24) is 14.8 Å². The molecule has 0 spiro atoms. The van der Waals surface area contributed by atoms with E-state index in [-0.39, 0.29) is 11.1 Å².